The highest BCUT2D eigenvalue weighted by atomic mass is 79.9. The topological polar surface area (TPSA) is 81.9 Å². The second kappa shape index (κ2) is 8.53. The Morgan fingerprint density at radius 2 is 2.08 bits per heavy atom. The van der Waals surface area contributed by atoms with E-state index in [1.165, 1.54) is 30.5 Å². The third-order valence-electron chi connectivity index (χ3n) is 3.35. The number of carbonyl (C=O) groups is 1. The monoisotopic (exact) mass is 405 g/mol. The van der Waals surface area contributed by atoms with Gasteiger partial charge in [0.15, 0.2) is 5.82 Å². The molecule has 0 radical (unpaired) electrons. The molecule has 0 aliphatic heterocycles. The van der Waals surface area contributed by atoms with Gasteiger partial charge >= 0.3 is 0 Å². The van der Waals surface area contributed by atoms with Gasteiger partial charge in [0, 0.05) is 18.3 Å². The van der Waals surface area contributed by atoms with Crippen molar-refractivity contribution in [1.29, 1.82) is 5.26 Å². The Kier molecular flexibility index (Phi) is 6.42. The van der Waals surface area contributed by atoms with Crippen LogP contribution in [0.2, 0.25) is 0 Å². The Morgan fingerprint density at radius 3 is 2.68 bits per heavy atom. The third kappa shape index (κ3) is 5.22. The van der Waals surface area contributed by atoms with Gasteiger partial charge < -0.3 is 0 Å². The van der Waals surface area contributed by atoms with Gasteiger partial charge in [-0.1, -0.05) is 13.8 Å². The molecule has 0 spiro atoms. The van der Waals surface area contributed by atoms with E-state index in [0.29, 0.717) is 28.3 Å². The van der Waals surface area contributed by atoms with E-state index < -0.39 is 11.7 Å². The van der Waals surface area contributed by atoms with Crippen LogP contribution in [-0.4, -0.2) is 22.4 Å². The molecule has 0 aliphatic carbocycles. The molecule has 0 aliphatic rings. The van der Waals surface area contributed by atoms with Crippen LogP contribution in [0, 0.1) is 23.1 Å². The van der Waals surface area contributed by atoms with Crippen molar-refractivity contribution in [2.24, 2.45) is 5.92 Å². The van der Waals surface area contributed by atoms with Gasteiger partial charge in [-0.25, -0.2) is 9.37 Å². The highest BCUT2D eigenvalue weighted by molar-refractivity contribution is 9.10. The molecule has 0 saturated carbocycles. The van der Waals surface area contributed by atoms with Crippen LogP contribution in [0.1, 0.15) is 36.5 Å². The first-order chi connectivity index (χ1) is 11.9. The fourth-order valence-electron chi connectivity index (χ4n) is 1.99. The molecule has 1 heterocycles. The highest BCUT2D eigenvalue weighted by Crippen LogP contribution is 2.23. The van der Waals surface area contributed by atoms with Crippen LogP contribution < -0.4 is 10.4 Å². The van der Waals surface area contributed by atoms with Crippen molar-refractivity contribution < 1.29 is 9.18 Å². The van der Waals surface area contributed by atoms with Gasteiger partial charge in [-0.05, 0) is 52.5 Å². The van der Waals surface area contributed by atoms with Crippen LogP contribution in [-0.2, 0) is 0 Å². The number of nitrogens with one attached hydrogen (secondary N) is 1. The number of hydrogen-bond donors (Lipinski definition) is 1. The minimum absolute atomic E-state index is 0.00350. The molecule has 0 unspecified atom stereocenters. The van der Waals surface area contributed by atoms with Gasteiger partial charge in [-0.3, -0.25) is 15.2 Å². The summed E-state index contributed by atoms with van der Waals surface area (Å²) >= 11 is 3.35. The van der Waals surface area contributed by atoms with Gasteiger partial charge in [0.1, 0.15) is 11.9 Å². The average Bonchev–Trinajstić information content (AvgIpc) is 2.59. The average molecular weight is 406 g/mol. The van der Waals surface area contributed by atoms with E-state index in [9.17, 15) is 9.18 Å². The van der Waals surface area contributed by atoms with E-state index in [1.54, 1.807) is 5.01 Å². The van der Waals surface area contributed by atoms with E-state index >= 15 is 0 Å². The molecule has 25 heavy (non-hydrogen) atoms. The maximum atomic E-state index is 13.0. The largest absolute Gasteiger partial charge is 0.269 e. The summed E-state index contributed by atoms with van der Waals surface area (Å²) in [6, 6.07) is 7.14. The Morgan fingerprint density at radius 1 is 1.40 bits per heavy atom. The number of hydrazine groups is 1. The molecule has 0 bridgehead atoms. The third-order valence-corrected chi connectivity index (χ3v) is 3.91. The molecule has 6 nitrogen and oxygen atoms in total. The summed E-state index contributed by atoms with van der Waals surface area (Å²) in [5.74, 6) is -0.00842. The minimum atomic E-state index is -0.412. The number of rotatable bonds is 6. The lowest BCUT2D eigenvalue weighted by Crippen LogP contribution is -2.44. The highest BCUT2D eigenvalue weighted by Gasteiger charge is 2.17. The summed E-state index contributed by atoms with van der Waals surface area (Å²) in [6.07, 6.45) is 2.26. The van der Waals surface area contributed by atoms with Crippen molar-refractivity contribution in [3.8, 4) is 6.07 Å². The molecular formula is C17H17BrFN5O. The number of amides is 1. The molecule has 1 amide bonds. The molecule has 0 atom stereocenters. The number of halogens is 2. The smallest absolute Gasteiger partial charge is 0.267 e. The molecule has 1 N–H and O–H groups in total. The standard InChI is InChI=1S/C17H17BrFN5O/c1-11(2)7-8-24(16-14(18)10-21-15(9-20)22-16)23-17(25)12-3-5-13(19)6-4-12/h3-6,10-11H,7-8H2,1-2H3,(H,23,25). The number of aromatic nitrogens is 2. The molecule has 0 fully saturated rings. The van der Waals surface area contributed by atoms with E-state index in [2.05, 4.69) is 45.2 Å². The first-order valence-electron chi connectivity index (χ1n) is 7.67. The number of nitrogens with zero attached hydrogens (tertiary/aromatic N) is 4. The van der Waals surface area contributed by atoms with Crippen LogP contribution in [0.25, 0.3) is 0 Å². The van der Waals surface area contributed by atoms with Gasteiger partial charge in [0.2, 0.25) is 5.82 Å². The fraction of sp³-hybridized carbons (Fsp3) is 0.294. The Hall–Kier alpha value is -2.53. The Balaban J connectivity index is 2.28. The van der Waals surface area contributed by atoms with Crippen molar-refractivity contribution in [1.82, 2.24) is 15.4 Å². The first-order valence-corrected chi connectivity index (χ1v) is 8.46. The fourth-order valence-corrected chi connectivity index (χ4v) is 2.40. The maximum absolute atomic E-state index is 13.0. The zero-order chi connectivity index (χ0) is 18.4. The summed E-state index contributed by atoms with van der Waals surface area (Å²) in [7, 11) is 0. The second-order valence-corrected chi connectivity index (χ2v) is 6.61. The van der Waals surface area contributed by atoms with Crippen LogP contribution in [0.5, 0.6) is 0 Å². The van der Waals surface area contributed by atoms with Crippen LogP contribution in [0.3, 0.4) is 0 Å². The van der Waals surface area contributed by atoms with Crippen molar-refractivity contribution in [2.75, 3.05) is 11.6 Å². The number of anilines is 1. The summed E-state index contributed by atoms with van der Waals surface area (Å²) in [5, 5.41) is 10.6. The van der Waals surface area contributed by atoms with Crippen molar-refractivity contribution in [3.63, 3.8) is 0 Å². The van der Waals surface area contributed by atoms with Crippen LogP contribution >= 0.6 is 15.9 Å². The van der Waals surface area contributed by atoms with E-state index in [-0.39, 0.29) is 5.82 Å². The van der Waals surface area contributed by atoms with Gasteiger partial charge in [-0.2, -0.15) is 10.2 Å². The molecule has 8 heteroatoms. The van der Waals surface area contributed by atoms with Crippen LogP contribution in [0.15, 0.2) is 34.9 Å². The summed E-state index contributed by atoms with van der Waals surface area (Å²) in [5.41, 5.74) is 3.08. The molecule has 2 rings (SSSR count). The number of nitriles is 1. The lowest BCUT2D eigenvalue weighted by molar-refractivity contribution is 0.0947. The zero-order valence-corrected chi connectivity index (χ0v) is 15.4. The Labute approximate surface area is 153 Å². The second-order valence-electron chi connectivity index (χ2n) is 5.76. The SMILES string of the molecule is CC(C)CCN(NC(=O)c1ccc(F)cc1)c1nc(C#N)ncc1Br. The quantitative estimate of drug-likeness (QED) is 0.744. The van der Waals surface area contributed by atoms with Gasteiger partial charge in [-0.15, -0.1) is 0 Å². The summed E-state index contributed by atoms with van der Waals surface area (Å²) in [6.45, 7) is 4.62. The molecule has 1 aromatic carbocycles. The predicted octanol–water partition coefficient (Wildman–Crippen LogP) is 3.45. The molecule has 0 saturated heterocycles. The number of carbonyl (C=O) groups excluding carboxylic acids is 1. The van der Waals surface area contributed by atoms with Gasteiger partial charge in [0.05, 0.1) is 4.47 Å². The van der Waals surface area contributed by atoms with Crippen molar-refractivity contribution >= 4 is 27.7 Å². The molecular weight excluding hydrogens is 389 g/mol. The maximum Gasteiger partial charge on any atom is 0.269 e. The summed E-state index contributed by atoms with van der Waals surface area (Å²) < 4.78 is 13.6. The first kappa shape index (κ1) is 18.8. The zero-order valence-electron chi connectivity index (χ0n) is 13.8. The van der Waals surface area contributed by atoms with E-state index in [0.717, 1.165) is 6.42 Å². The van der Waals surface area contributed by atoms with Crippen molar-refractivity contribution in [2.45, 2.75) is 20.3 Å². The lowest BCUT2D eigenvalue weighted by atomic mass is 10.1. The molecule has 130 valence electrons. The lowest BCUT2D eigenvalue weighted by Gasteiger charge is -2.26. The summed E-state index contributed by atoms with van der Waals surface area (Å²) in [4.78, 5) is 20.5. The Bertz CT molecular complexity index is 789. The van der Waals surface area contributed by atoms with Crippen LogP contribution in [0.4, 0.5) is 10.2 Å². The number of hydrogen-bond acceptors (Lipinski definition) is 5. The minimum Gasteiger partial charge on any atom is -0.267 e. The van der Waals surface area contributed by atoms with E-state index in [4.69, 9.17) is 5.26 Å². The van der Waals surface area contributed by atoms with E-state index in [1.807, 2.05) is 6.07 Å². The molecule has 2 aromatic rings. The van der Waals surface area contributed by atoms with Gasteiger partial charge in [0.25, 0.3) is 5.91 Å². The predicted molar refractivity (Wildman–Crippen MR) is 95.1 cm³/mol. The molecule has 1 aromatic heterocycles. The number of benzene rings is 1. The van der Waals surface area contributed by atoms with Crippen molar-refractivity contribution in [3.05, 3.63) is 52.1 Å². The normalized spacial score (nSPS) is 10.4.